The molecule has 3 aromatic rings. The monoisotopic (exact) mass is 325 g/mol. The average molecular weight is 325 g/mol. The van der Waals surface area contributed by atoms with Crippen LogP contribution in [-0.2, 0) is 17.8 Å². The summed E-state index contributed by atoms with van der Waals surface area (Å²) in [6.07, 6.45) is 0.418. The topological polar surface area (TPSA) is 38.3 Å². The predicted molar refractivity (Wildman–Crippen MR) is 95.0 cm³/mol. The van der Waals surface area contributed by atoms with Gasteiger partial charge in [0.2, 0.25) is 5.91 Å². The fourth-order valence-electron chi connectivity index (χ4n) is 2.48. The van der Waals surface area contributed by atoms with Crippen LogP contribution in [0.5, 0.6) is 5.75 Å². The van der Waals surface area contributed by atoms with Gasteiger partial charge in [0, 0.05) is 11.2 Å². The lowest BCUT2D eigenvalue weighted by molar-refractivity contribution is -0.120. The first kappa shape index (κ1) is 15.6. The first-order chi connectivity index (χ1) is 11.3. The van der Waals surface area contributed by atoms with E-state index in [1.165, 1.54) is 10.1 Å². The van der Waals surface area contributed by atoms with Gasteiger partial charge in [-0.3, -0.25) is 4.79 Å². The van der Waals surface area contributed by atoms with Gasteiger partial charge in [-0.2, -0.15) is 0 Å². The van der Waals surface area contributed by atoms with Crippen molar-refractivity contribution in [1.29, 1.82) is 0 Å². The van der Waals surface area contributed by atoms with Crippen LogP contribution in [0.3, 0.4) is 0 Å². The molecular weight excluding hydrogens is 306 g/mol. The fraction of sp³-hybridized carbons (Fsp3) is 0.211. The molecule has 0 unspecified atom stereocenters. The first-order valence-corrected chi connectivity index (χ1v) is 8.58. The Hall–Kier alpha value is -2.33. The second-order valence-electron chi connectivity index (χ2n) is 5.29. The number of rotatable bonds is 6. The minimum absolute atomic E-state index is 0.0439. The lowest BCUT2D eigenvalue weighted by atomic mass is 10.1. The van der Waals surface area contributed by atoms with Crippen molar-refractivity contribution < 1.29 is 9.53 Å². The highest BCUT2D eigenvalue weighted by atomic mass is 32.1. The summed E-state index contributed by atoms with van der Waals surface area (Å²) >= 11 is 1.68. The van der Waals surface area contributed by atoms with E-state index in [1.807, 2.05) is 43.3 Å². The number of nitrogens with one attached hydrogen (secondary N) is 1. The molecule has 118 valence electrons. The third-order valence-corrected chi connectivity index (χ3v) is 4.65. The molecule has 0 saturated carbocycles. The Labute approximate surface area is 139 Å². The summed E-state index contributed by atoms with van der Waals surface area (Å²) in [5.41, 5.74) is 2.16. The quantitative estimate of drug-likeness (QED) is 0.739. The SMILES string of the molecule is CCOc1ccc(CNC(=O)Cc2csc3ccccc23)cc1. The Kier molecular flexibility index (Phi) is 4.93. The van der Waals surface area contributed by atoms with Crippen LogP contribution in [0.4, 0.5) is 0 Å². The summed E-state index contributed by atoms with van der Waals surface area (Å²) in [7, 11) is 0. The number of ether oxygens (including phenoxy) is 1. The van der Waals surface area contributed by atoms with E-state index in [-0.39, 0.29) is 5.91 Å². The van der Waals surface area contributed by atoms with E-state index in [0.717, 1.165) is 16.9 Å². The standard InChI is InChI=1S/C19H19NO2S/c1-2-22-16-9-7-14(8-10-16)12-20-19(21)11-15-13-23-18-6-4-3-5-17(15)18/h3-10,13H,2,11-12H2,1H3,(H,20,21). The third kappa shape index (κ3) is 3.90. The van der Waals surface area contributed by atoms with Crippen LogP contribution < -0.4 is 10.1 Å². The van der Waals surface area contributed by atoms with Gasteiger partial charge in [-0.25, -0.2) is 0 Å². The van der Waals surface area contributed by atoms with Crippen molar-refractivity contribution in [3.05, 3.63) is 65.0 Å². The van der Waals surface area contributed by atoms with E-state index in [2.05, 4.69) is 22.8 Å². The van der Waals surface area contributed by atoms with Gasteiger partial charge in [0.25, 0.3) is 0 Å². The Bertz CT molecular complexity index is 792. The zero-order chi connectivity index (χ0) is 16.1. The van der Waals surface area contributed by atoms with E-state index >= 15 is 0 Å². The van der Waals surface area contributed by atoms with Gasteiger partial charge < -0.3 is 10.1 Å². The van der Waals surface area contributed by atoms with Crippen molar-refractivity contribution in [3.8, 4) is 5.75 Å². The molecule has 1 aromatic heterocycles. The largest absolute Gasteiger partial charge is 0.494 e. The van der Waals surface area contributed by atoms with Crippen molar-refractivity contribution in [1.82, 2.24) is 5.32 Å². The smallest absolute Gasteiger partial charge is 0.224 e. The minimum atomic E-state index is 0.0439. The highest BCUT2D eigenvalue weighted by Gasteiger charge is 2.08. The Morgan fingerprint density at radius 3 is 2.70 bits per heavy atom. The zero-order valence-corrected chi connectivity index (χ0v) is 13.9. The van der Waals surface area contributed by atoms with Gasteiger partial charge in [0.15, 0.2) is 0 Å². The van der Waals surface area contributed by atoms with Gasteiger partial charge >= 0.3 is 0 Å². The van der Waals surface area contributed by atoms with Crippen LogP contribution in [0, 0.1) is 0 Å². The Morgan fingerprint density at radius 2 is 1.91 bits per heavy atom. The van der Waals surface area contributed by atoms with Gasteiger partial charge in [-0.15, -0.1) is 11.3 Å². The summed E-state index contributed by atoms with van der Waals surface area (Å²) in [5, 5.41) is 6.22. The molecule has 23 heavy (non-hydrogen) atoms. The van der Waals surface area contributed by atoms with Gasteiger partial charge in [0.05, 0.1) is 13.0 Å². The molecule has 2 aromatic carbocycles. The molecule has 3 rings (SSSR count). The second-order valence-corrected chi connectivity index (χ2v) is 6.20. The molecule has 0 atom stereocenters. The molecule has 0 aliphatic rings. The molecule has 1 amide bonds. The maximum atomic E-state index is 12.2. The number of thiophene rings is 1. The molecule has 0 aliphatic heterocycles. The van der Waals surface area contributed by atoms with Crippen LogP contribution >= 0.6 is 11.3 Å². The summed E-state index contributed by atoms with van der Waals surface area (Å²) in [6, 6.07) is 16.0. The molecule has 0 aliphatic carbocycles. The third-order valence-electron chi connectivity index (χ3n) is 3.64. The molecule has 1 heterocycles. The number of carbonyl (C=O) groups is 1. The van der Waals surface area contributed by atoms with Gasteiger partial charge in [-0.1, -0.05) is 30.3 Å². The van der Waals surface area contributed by atoms with Crippen LogP contribution in [0.2, 0.25) is 0 Å². The van der Waals surface area contributed by atoms with E-state index in [0.29, 0.717) is 19.6 Å². The second kappa shape index (κ2) is 7.29. The summed E-state index contributed by atoms with van der Waals surface area (Å²) < 4.78 is 6.64. The lowest BCUT2D eigenvalue weighted by Gasteiger charge is -2.07. The summed E-state index contributed by atoms with van der Waals surface area (Å²) in [4.78, 5) is 12.2. The van der Waals surface area contributed by atoms with Gasteiger partial charge in [0.1, 0.15) is 5.75 Å². The van der Waals surface area contributed by atoms with E-state index in [9.17, 15) is 4.79 Å². The molecule has 4 heteroatoms. The number of hydrogen-bond acceptors (Lipinski definition) is 3. The van der Waals surface area contributed by atoms with Crippen molar-refractivity contribution in [2.24, 2.45) is 0 Å². The maximum Gasteiger partial charge on any atom is 0.224 e. The zero-order valence-electron chi connectivity index (χ0n) is 13.0. The predicted octanol–water partition coefficient (Wildman–Crippen LogP) is 4.16. The fourth-order valence-corrected chi connectivity index (χ4v) is 3.44. The van der Waals surface area contributed by atoms with Crippen molar-refractivity contribution in [2.75, 3.05) is 6.61 Å². The minimum Gasteiger partial charge on any atom is -0.494 e. The molecule has 0 spiro atoms. The molecule has 1 N–H and O–H groups in total. The molecule has 3 nitrogen and oxygen atoms in total. The number of benzene rings is 2. The highest BCUT2D eigenvalue weighted by Crippen LogP contribution is 2.25. The number of fused-ring (bicyclic) bond motifs is 1. The number of amides is 1. The van der Waals surface area contributed by atoms with E-state index in [1.54, 1.807) is 11.3 Å². The summed E-state index contributed by atoms with van der Waals surface area (Å²) in [5.74, 6) is 0.898. The first-order valence-electron chi connectivity index (χ1n) is 7.70. The normalized spacial score (nSPS) is 10.7. The molecule has 0 saturated heterocycles. The van der Waals surface area contributed by atoms with Crippen LogP contribution in [-0.4, -0.2) is 12.5 Å². The molecule has 0 radical (unpaired) electrons. The maximum absolute atomic E-state index is 12.2. The van der Waals surface area contributed by atoms with E-state index < -0.39 is 0 Å². The number of hydrogen-bond donors (Lipinski definition) is 1. The molecule has 0 fully saturated rings. The molecular formula is C19H19NO2S. The van der Waals surface area contributed by atoms with Crippen molar-refractivity contribution >= 4 is 27.3 Å². The molecule has 0 bridgehead atoms. The van der Waals surface area contributed by atoms with Crippen molar-refractivity contribution in [3.63, 3.8) is 0 Å². The average Bonchev–Trinajstić information content (AvgIpc) is 2.98. The Balaban J connectivity index is 1.57. The lowest BCUT2D eigenvalue weighted by Crippen LogP contribution is -2.24. The van der Waals surface area contributed by atoms with Crippen LogP contribution in [0.15, 0.2) is 53.9 Å². The van der Waals surface area contributed by atoms with Crippen LogP contribution in [0.1, 0.15) is 18.1 Å². The number of carbonyl (C=O) groups excluding carboxylic acids is 1. The summed E-state index contributed by atoms with van der Waals surface area (Å²) in [6.45, 7) is 3.15. The van der Waals surface area contributed by atoms with Gasteiger partial charge in [-0.05, 0) is 47.0 Å². The van der Waals surface area contributed by atoms with Crippen LogP contribution in [0.25, 0.3) is 10.1 Å². The Morgan fingerprint density at radius 1 is 1.13 bits per heavy atom. The van der Waals surface area contributed by atoms with Crippen molar-refractivity contribution in [2.45, 2.75) is 19.9 Å². The highest BCUT2D eigenvalue weighted by molar-refractivity contribution is 7.17. The van der Waals surface area contributed by atoms with E-state index in [4.69, 9.17) is 4.74 Å².